The Morgan fingerprint density at radius 3 is 1.74 bits per heavy atom. The monoisotopic (exact) mass is 350 g/mol. The molecule has 0 rings (SSSR count). The summed E-state index contributed by atoms with van der Waals surface area (Å²) >= 11 is 0. The van der Waals surface area contributed by atoms with Crippen molar-refractivity contribution in [2.75, 3.05) is 35.2 Å². The first kappa shape index (κ1) is 23.0. The highest BCUT2D eigenvalue weighted by Crippen LogP contribution is 2.18. The number of rotatable bonds is 17. The van der Waals surface area contributed by atoms with Gasteiger partial charge in [-0.1, -0.05) is 45.4 Å². The Morgan fingerprint density at radius 1 is 0.739 bits per heavy atom. The Hall–Kier alpha value is 0.0169. The first-order chi connectivity index (χ1) is 11.2. The van der Waals surface area contributed by atoms with Crippen LogP contribution in [0.2, 0.25) is 6.04 Å². The summed E-state index contributed by atoms with van der Waals surface area (Å²) in [5.41, 5.74) is 0. The van der Waals surface area contributed by atoms with Gasteiger partial charge in [0.05, 0.1) is 6.10 Å². The van der Waals surface area contributed by atoms with Gasteiger partial charge in [0.2, 0.25) is 0 Å². The molecular formula is C17H38O5Si. The summed E-state index contributed by atoms with van der Waals surface area (Å²) in [5.74, 6) is 0. The van der Waals surface area contributed by atoms with Gasteiger partial charge in [-0.25, -0.2) is 0 Å². The third-order valence-electron chi connectivity index (χ3n) is 4.32. The largest absolute Gasteiger partial charge is 0.500 e. The van der Waals surface area contributed by atoms with Gasteiger partial charge >= 0.3 is 8.80 Å². The van der Waals surface area contributed by atoms with E-state index in [1.807, 2.05) is 0 Å². The summed E-state index contributed by atoms with van der Waals surface area (Å²) in [6.45, 7) is 2.58. The minimum atomic E-state index is -2.35. The fraction of sp³-hybridized carbons (Fsp3) is 1.00. The van der Waals surface area contributed by atoms with E-state index in [0.29, 0.717) is 12.9 Å². The summed E-state index contributed by atoms with van der Waals surface area (Å²) in [5, 5.41) is 0. The molecule has 0 aromatic carbocycles. The van der Waals surface area contributed by atoms with Crippen molar-refractivity contribution >= 4 is 8.80 Å². The molecule has 0 bridgehead atoms. The molecule has 23 heavy (non-hydrogen) atoms. The Balaban J connectivity index is 3.49. The zero-order valence-corrected chi connectivity index (χ0v) is 16.9. The summed E-state index contributed by atoms with van der Waals surface area (Å²) in [6.07, 6.45) is 11.3. The Morgan fingerprint density at radius 2 is 1.26 bits per heavy atom. The van der Waals surface area contributed by atoms with E-state index in [1.54, 1.807) is 28.4 Å². The highest BCUT2D eigenvalue weighted by Gasteiger charge is 2.36. The van der Waals surface area contributed by atoms with E-state index in [1.165, 1.54) is 38.5 Å². The van der Waals surface area contributed by atoms with Gasteiger partial charge in [0, 0.05) is 34.5 Å². The van der Waals surface area contributed by atoms with Crippen LogP contribution in [-0.2, 0) is 22.8 Å². The minimum absolute atomic E-state index is 0.352. The number of ether oxygens (including phenoxy) is 2. The molecule has 0 N–H and O–H groups in total. The lowest BCUT2D eigenvalue weighted by Gasteiger charge is -2.24. The molecule has 0 saturated carbocycles. The highest BCUT2D eigenvalue weighted by molar-refractivity contribution is 6.60. The summed E-state index contributed by atoms with van der Waals surface area (Å²) < 4.78 is 26.9. The van der Waals surface area contributed by atoms with E-state index in [2.05, 4.69) is 6.92 Å². The summed E-state index contributed by atoms with van der Waals surface area (Å²) in [4.78, 5) is 0. The van der Waals surface area contributed by atoms with Crippen molar-refractivity contribution in [3.8, 4) is 0 Å². The van der Waals surface area contributed by atoms with Gasteiger partial charge in [-0.15, -0.1) is 0 Å². The molecule has 0 heterocycles. The molecule has 6 heteroatoms. The van der Waals surface area contributed by atoms with Crippen LogP contribution in [-0.4, -0.2) is 50.1 Å². The van der Waals surface area contributed by atoms with Gasteiger partial charge in [0.1, 0.15) is 6.79 Å². The predicted molar refractivity (Wildman–Crippen MR) is 95.6 cm³/mol. The van der Waals surface area contributed by atoms with Gasteiger partial charge in [-0.2, -0.15) is 0 Å². The zero-order valence-electron chi connectivity index (χ0n) is 15.9. The predicted octanol–water partition coefficient (Wildman–Crippen LogP) is 4.38. The summed E-state index contributed by atoms with van der Waals surface area (Å²) in [6, 6.07) is 0.908. The second-order valence-corrected chi connectivity index (χ2v) is 9.00. The van der Waals surface area contributed by atoms with Crippen LogP contribution in [0, 0.1) is 0 Å². The van der Waals surface area contributed by atoms with E-state index in [-0.39, 0.29) is 0 Å². The molecule has 0 amide bonds. The van der Waals surface area contributed by atoms with Crippen LogP contribution in [0.3, 0.4) is 0 Å². The number of hydrogen-bond acceptors (Lipinski definition) is 5. The zero-order chi connectivity index (χ0) is 17.4. The van der Waals surface area contributed by atoms with Crippen molar-refractivity contribution < 1.29 is 22.8 Å². The van der Waals surface area contributed by atoms with Gasteiger partial charge < -0.3 is 22.8 Å². The molecule has 1 unspecified atom stereocenters. The van der Waals surface area contributed by atoms with E-state index in [9.17, 15) is 0 Å². The van der Waals surface area contributed by atoms with Crippen molar-refractivity contribution in [3.05, 3.63) is 0 Å². The van der Waals surface area contributed by atoms with Gasteiger partial charge in [0.15, 0.2) is 0 Å². The quantitative estimate of drug-likeness (QED) is 0.221. The average Bonchev–Trinajstić information content (AvgIpc) is 2.60. The van der Waals surface area contributed by atoms with Crippen molar-refractivity contribution in [1.82, 2.24) is 0 Å². The molecular weight excluding hydrogens is 312 g/mol. The van der Waals surface area contributed by atoms with Crippen molar-refractivity contribution in [1.29, 1.82) is 0 Å². The van der Waals surface area contributed by atoms with E-state index >= 15 is 0 Å². The SMILES string of the molecule is CCC(CCCCCCCCC[Si](OC)(OC)OC)OCOC. The first-order valence-electron chi connectivity index (χ1n) is 8.94. The van der Waals surface area contributed by atoms with Crippen molar-refractivity contribution in [2.45, 2.75) is 76.9 Å². The van der Waals surface area contributed by atoms with Gasteiger partial charge in [-0.3, -0.25) is 0 Å². The molecule has 0 aliphatic carbocycles. The third kappa shape index (κ3) is 11.2. The van der Waals surface area contributed by atoms with Crippen LogP contribution in [0.15, 0.2) is 0 Å². The van der Waals surface area contributed by atoms with Gasteiger partial charge in [-0.05, 0) is 19.3 Å². The maximum atomic E-state index is 5.61. The van der Waals surface area contributed by atoms with E-state index in [0.717, 1.165) is 25.3 Å². The minimum Gasteiger partial charge on any atom is -0.377 e. The molecule has 0 aromatic heterocycles. The fourth-order valence-electron chi connectivity index (χ4n) is 2.72. The number of hydrogen-bond donors (Lipinski definition) is 0. The van der Waals surface area contributed by atoms with Crippen LogP contribution < -0.4 is 0 Å². The molecule has 0 radical (unpaired) electrons. The standard InChI is InChI=1S/C17H38O5Si/c1-6-17(22-16-18-2)14-12-10-8-7-9-11-13-15-23(19-3,20-4)21-5/h17H,6-16H2,1-5H3. The van der Waals surface area contributed by atoms with Crippen LogP contribution in [0.4, 0.5) is 0 Å². The van der Waals surface area contributed by atoms with Crippen molar-refractivity contribution in [3.63, 3.8) is 0 Å². The maximum absolute atomic E-state index is 5.61. The lowest BCUT2D eigenvalue weighted by atomic mass is 10.1. The molecule has 5 nitrogen and oxygen atoms in total. The Kier molecular flexibility index (Phi) is 15.6. The van der Waals surface area contributed by atoms with Crippen LogP contribution in [0.1, 0.15) is 64.7 Å². The molecule has 0 aliphatic rings. The van der Waals surface area contributed by atoms with Crippen LogP contribution in [0.5, 0.6) is 0 Å². The van der Waals surface area contributed by atoms with Gasteiger partial charge in [0.25, 0.3) is 0 Å². The number of unbranched alkanes of at least 4 members (excludes halogenated alkanes) is 6. The normalized spacial score (nSPS) is 13.4. The lowest BCUT2D eigenvalue weighted by molar-refractivity contribution is -0.0755. The molecule has 0 aromatic rings. The first-order valence-corrected chi connectivity index (χ1v) is 10.9. The second-order valence-electron chi connectivity index (χ2n) is 5.91. The molecule has 0 aliphatic heterocycles. The third-order valence-corrected chi connectivity index (χ3v) is 7.15. The summed E-state index contributed by atoms with van der Waals surface area (Å²) in [7, 11) is 4.36. The highest BCUT2D eigenvalue weighted by atomic mass is 28.4. The molecule has 0 fully saturated rings. The lowest BCUT2D eigenvalue weighted by Crippen LogP contribution is -2.42. The topological polar surface area (TPSA) is 46.2 Å². The van der Waals surface area contributed by atoms with E-state index in [4.69, 9.17) is 22.8 Å². The smallest absolute Gasteiger partial charge is 0.377 e. The average molecular weight is 351 g/mol. The van der Waals surface area contributed by atoms with Crippen molar-refractivity contribution in [2.24, 2.45) is 0 Å². The Bertz CT molecular complexity index is 241. The molecule has 0 saturated heterocycles. The molecule has 0 spiro atoms. The second kappa shape index (κ2) is 15.5. The maximum Gasteiger partial charge on any atom is 0.500 e. The van der Waals surface area contributed by atoms with E-state index < -0.39 is 8.80 Å². The van der Waals surface area contributed by atoms with Crippen LogP contribution >= 0.6 is 0 Å². The Labute approximate surface area is 144 Å². The number of methoxy groups -OCH3 is 1. The molecule has 1 atom stereocenters. The molecule has 140 valence electrons. The fourth-order valence-corrected chi connectivity index (χ4v) is 4.52. The van der Waals surface area contributed by atoms with Crippen LogP contribution in [0.25, 0.3) is 0 Å².